The standard InChI is InChI=1S/C19H16ClNO/c1-5-13-6-8-15(9-7-13)19(2,3)16-10-14(12-21)18(22-4)17(20)11-16/h1,6-11H,2-4H3. The summed E-state index contributed by atoms with van der Waals surface area (Å²) in [4.78, 5) is 0. The minimum atomic E-state index is -0.311. The zero-order valence-electron chi connectivity index (χ0n) is 12.8. The van der Waals surface area contributed by atoms with Crippen molar-refractivity contribution >= 4 is 11.6 Å². The zero-order valence-corrected chi connectivity index (χ0v) is 13.5. The van der Waals surface area contributed by atoms with Crippen molar-refractivity contribution in [3.05, 3.63) is 63.7 Å². The maximum atomic E-state index is 9.29. The molecule has 22 heavy (non-hydrogen) atoms. The van der Waals surface area contributed by atoms with Gasteiger partial charge in [-0.2, -0.15) is 5.26 Å². The number of nitriles is 1. The summed E-state index contributed by atoms with van der Waals surface area (Å²) in [6, 6.07) is 13.6. The van der Waals surface area contributed by atoms with Gasteiger partial charge in [-0.05, 0) is 35.4 Å². The molecule has 0 saturated heterocycles. The van der Waals surface area contributed by atoms with Gasteiger partial charge in [0.05, 0.1) is 17.7 Å². The van der Waals surface area contributed by atoms with E-state index in [0.717, 1.165) is 16.7 Å². The average Bonchev–Trinajstić information content (AvgIpc) is 2.53. The Hall–Kier alpha value is -2.42. The topological polar surface area (TPSA) is 33.0 Å². The number of terminal acetylenes is 1. The second-order valence-corrected chi connectivity index (χ2v) is 5.90. The molecule has 0 bridgehead atoms. The molecule has 0 atom stereocenters. The van der Waals surface area contributed by atoms with Gasteiger partial charge in [-0.15, -0.1) is 6.42 Å². The van der Waals surface area contributed by atoms with Crippen LogP contribution in [0, 0.1) is 23.7 Å². The number of hydrogen-bond donors (Lipinski definition) is 0. The molecule has 0 saturated carbocycles. The molecule has 0 fully saturated rings. The van der Waals surface area contributed by atoms with E-state index in [4.69, 9.17) is 22.8 Å². The smallest absolute Gasteiger partial charge is 0.155 e. The summed E-state index contributed by atoms with van der Waals surface area (Å²) in [5, 5.41) is 9.73. The van der Waals surface area contributed by atoms with Gasteiger partial charge in [-0.3, -0.25) is 0 Å². The maximum absolute atomic E-state index is 9.29. The molecular formula is C19H16ClNO. The number of hydrogen-bond acceptors (Lipinski definition) is 2. The molecule has 0 spiro atoms. The first-order chi connectivity index (χ1) is 10.4. The summed E-state index contributed by atoms with van der Waals surface area (Å²) in [6.07, 6.45) is 5.39. The van der Waals surface area contributed by atoms with Crippen LogP contribution in [0.5, 0.6) is 5.75 Å². The molecule has 0 aliphatic carbocycles. The Morgan fingerprint density at radius 2 is 1.77 bits per heavy atom. The second kappa shape index (κ2) is 6.14. The van der Waals surface area contributed by atoms with Gasteiger partial charge in [0.2, 0.25) is 0 Å². The van der Waals surface area contributed by atoms with E-state index in [1.165, 1.54) is 7.11 Å². The van der Waals surface area contributed by atoms with E-state index in [9.17, 15) is 5.26 Å². The third kappa shape index (κ3) is 2.80. The van der Waals surface area contributed by atoms with Crippen LogP contribution in [0.1, 0.15) is 36.1 Å². The van der Waals surface area contributed by atoms with Crippen LogP contribution in [0.4, 0.5) is 0 Å². The Morgan fingerprint density at radius 3 is 2.27 bits per heavy atom. The summed E-state index contributed by atoms with van der Waals surface area (Å²) in [5.41, 5.74) is 3.00. The van der Waals surface area contributed by atoms with E-state index in [1.807, 2.05) is 36.4 Å². The summed E-state index contributed by atoms with van der Waals surface area (Å²) in [5.74, 6) is 3.02. The van der Waals surface area contributed by atoms with Gasteiger partial charge >= 0.3 is 0 Å². The van der Waals surface area contributed by atoms with Crippen molar-refractivity contribution in [2.45, 2.75) is 19.3 Å². The minimum Gasteiger partial charge on any atom is -0.494 e. The summed E-state index contributed by atoms with van der Waals surface area (Å²) in [6.45, 7) is 4.16. The Labute approximate surface area is 136 Å². The summed E-state index contributed by atoms with van der Waals surface area (Å²) < 4.78 is 5.19. The molecule has 0 amide bonds. The minimum absolute atomic E-state index is 0.311. The third-order valence-electron chi connectivity index (χ3n) is 3.86. The van der Waals surface area contributed by atoms with E-state index < -0.39 is 0 Å². The molecule has 0 aliphatic heterocycles. The second-order valence-electron chi connectivity index (χ2n) is 5.50. The highest BCUT2D eigenvalue weighted by molar-refractivity contribution is 6.32. The Balaban J connectivity index is 2.56. The fourth-order valence-corrected chi connectivity index (χ4v) is 2.69. The van der Waals surface area contributed by atoms with Gasteiger partial charge in [0, 0.05) is 11.0 Å². The fraction of sp³-hybridized carbons (Fsp3) is 0.211. The molecule has 0 aromatic heterocycles. The molecule has 0 unspecified atom stereocenters. The average molecular weight is 310 g/mol. The number of methoxy groups -OCH3 is 1. The lowest BCUT2D eigenvalue weighted by Crippen LogP contribution is -2.19. The predicted molar refractivity (Wildman–Crippen MR) is 89.2 cm³/mol. The van der Waals surface area contributed by atoms with Crippen molar-refractivity contribution in [3.8, 4) is 24.2 Å². The molecule has 2 aromatic rings. The normalized spacial score (nSPS) is 10.6. The summed E-state index contributed by atoms with van der Waals surface area (Å²) >= 11 is 6.25. The SMILES string of the molecule is C#Cc1ccc(C(C)(C)c2cc(Cl)c(OC)c(C#N)c2)cc1. The van der Waals surface area contributed by atoms with Gasteiger partial charge in [0.1, 0.15) is 6.07 Å². The van der Waals surface area contributed by atoms with Crippen molar-refractivity contribution in [3.63, 3.8) is 0 Å². The quantitative estimate of drug-likeness (QED) is 0.781. The Bertz CT molecular complexity index is 777. The third-order valence-corrected chi connectivity index (χ3v) is 4.14. The van der Waals surface area contributed by atoms with Gasteiger partial charge in [0.15, 0.2) is 5.75 Å². The first-order valence-electron chi connectivity index (χ1n) is 6.79. The highest BCUT2D eigenvalue weighted by Crippen LogP contribution is 2.37. The van der Waals surface area contributed by atoms with Gasteiger partial charge in [0.25, 0.3) is 0 Å². The number of benzene rings is 2. The Kier molecular flexibility index (Phi) is 4.45. The van der Waals surface area contributed by atoms with Crippen LogP contribution < -0.4 is 4.74 Å². The molecule has 0 N–H and O–H groups in total. The first kappa shape index (κ1) is 16.0. The molecule has 2 nitrogen and oxygen atoms in total. The van der Waals surface area contributed by atoms with Crippen LogP contribution in [0.25, 0.3) is 0 Å². The summed E-state index contributed by atoms with van der Waals surface area (Å²) in [7, 11) is 1.51. The lowest BCUT2D eigenvalue weighted by Gasteiger charge is -2.27. The monoisotopic (exact) mass is 309 g/mol. The first-order valence-corrected chi connectivity index (χ1v) is 7.17. The molecule has 110 valence electrons. The molecular weight excluding hydrogens is 294 g/mol. The van der Waals surface area contributed by atoms with Crippen molar-refractivity contribution in [1.29, 1.82) is 5.26 Å². The molecule has 0 heterocycles. The van der Waals surface area contributed by atoms with Gasteiger partial charge in [-0.1, -0.05) is 43.5 Å². The lowest BCUT2D eigenvalue weighted by molar-refractivity contribution is 0.413. The van der Waals surface area contributed by atoms with Crippen LogP contribution in [-0.2, 0) is 5.41 Å². The van der Waals surface area contributed by atoms with Gasteiger partial charge in [-0.25, -0.2) is 0 Å². The van der Waals surface area contributed by atoms with Crippen LogP contribution >= 0.6 is 11.6 Å². The van der Waals surface area contributed by atoms with E-state index in [1.54, 1.807) is 0 Å². The van der Waals surface area contributed by atoms with E-state index in [-0.39, 0.29) is 5.41 Å². The lowest BCUT2D eigenvalue weighted by atomic mass is 9.77. The zero-order chi connectivity index (χ0) is 16.3. The predicted octanol–water partition coefficient (Wildman–Crippen LogP) is 4.53. The number of nitrogens with zero attached hydrogens (tertiary/aromatic N) is 1. The van der Waals surface area contributed by atoms with E-state index in [0.29, 0.717) is 16.3 Å². The van der Waals surface area contributed by atoms with Crippen LogP contribution in [0.2, 0.25) is 5.02 Å². The van der Waals surface area contributed by atoms with Crippen LogP contribution in [0.3, 0.4) is 0 Å². The van der Waals surface area contributed by atoms with Crippen LogP contribution in [0.15, 0.2) is 36.4 Å². The number of rotatable bonds is 3. The van der Waals surface area contributed by atoms with Crippen molar-refractivity contribution in [2.75, 3.05) is 7.11 Å². The molecule has 3 heteroatoms. The van der Waals surface area contributed by atoms with Crippen molar-refractivity contribution in [2.24, 2.45) is 0 Å². The maximum Gasteiger partial charge on any atom is 0.155 e. The molecule has 2 rings (SSSR count). The van der Waals surface area contributed by atoms with Crippen molar-refractivity contribution < 1.29 is 4.74 Å². The Morgan fingerprint density at radius 1 is 1.14 bits per heavy atom. The van der Waals surface area contributed by atoms with E-state index >= 15 is 0 Å². The molecule has 0 aliphatic rings. The number of ether oxygens (including phenoxy) is 1. The largest absolute Gasteiger partial charge is 0.494 e. The van der Waals surface area contributed by atoms with Crippen LogP contribution in [-0.4, -0.2) is 7.11 Å². The van der Waals surface area contributed by atoms with Crippen molar-refractivity contribution in [1.82, 2.24) is 0 Å². The van der Waals surface area contributed by atoms with Gasteiger partial charge < -0.3 is 4.74 Å². The molecule has 0 radical (unpaired) electrons. The van der Waals surface area contributed by atoms with E-state index in [2.05, 4.69) is 25.8 Å². The highest BCUT2D eigenvalue weighted by Gasteiger charge is 2.25. The molecule has 2 aromatic carbocycles. The fourth-order valence-electron chi connectivity index (χ4n) is 2.39. The number of halogens is 1. The highest BCUT2D eigenvalue weighted by atomic mass is 35.5.